The molecule has 1 N–H and O–H groups in total. The maximum absolute atomic E-state index is 11.9. The summed E-state index contributed by atoms with van der Waals surface area (Å²) in [6.45, 7) is 1.36. The van der Waals surface area contributed by atoms with Crippen LogP contribution in [0.1, 0.15) is 29.6 Å². The molecule has 0 spiro atoms. The Morgan fingerprint density at radius 3 is 3.00 bits per heavy atom. The van der Waals surface area contributed by atoms with E-state index in [0.717, 1.165) is 23.9 Å². The number of ether oxygens (including phenoxy) is 1. The Bertz CT molecular complexity index is 433. The van der Waals surface area contributed by atoms with Crippen LogP contribution in [0.4, 0.5) is 0 Å². The topological polar surface area (TPSA) is 38.3 Å². The molecule has 0 radical (unpaired) electrons. The highest BCUT2D eigenvalue weighted by atomic mass is 79.9. The number of carbonyl (C=O) groups is 1. The van der Waals surface area contributed by atoms with E-state index in [2.05, 4.69) is 21.2 Å². The molecule has 3 nitrogen and oxygen atoms in total. The first-order valence-electron chi connectivity index (χ1n) is 6.01. The molecule has 1 aliphatic heterocycles. The van der Waals surface area contributed by atoms with E-state index in [9.17, 15) is 4.79 Å². The van der Waals surface area contributed by atoms with Crippen molar-refractivity contribution in [1.82, 2.24) is 5.32 Å². The average molecular weight is 333 g/mol. The van der Waals surface area contributed by atoms with Crippen LogP contribution < -0.4 is 5.32 Å². The van der Waals surface area contributed by atoms with Gasteiger partial charge in [-0.2, -0.15) is 0 Å². The molecule has 1 fully saturated rings. The van der Waals surface area contributed by atoms with Gasteiger partial charge in [0.1, 0.15) is 0 Å². The fourth-order valence-electron chi connectivity index (χ4n) is 1.91. The second kappa shape index (κ2) is 6.55. The fourth-order valence-corrected chi connectivity index (χ4v) is 2.34. The van der Waals surface area contributed by atoms with Crippen molar-refractivity contribution in [2.45, 2.75) is 25.4 Å². The van der Waals surface area contributed by atoms with Crippen LogP contribution in [-0.4, -0.2) is 25.2 Å². The van der Waals surface area contributed by atoms with E-state index in [1.54, 1.807) is 18.2 Å². The lowest BCUT2D eigenvalue weighted by molar-refractivity contribution is 0.0169. The lowest BCUT2D eigenvalue weighted by Crippen LogP contribution is -2.35. The molecule has 98 valence electrons. The summed E-state index contributed by atoms with van der Waals surface area (Å²) in [7, 11) is 0. The minimum atomic E-state index is -0.112. The van der Waals surface area contributed by atoms with Crippen LogP contribution in [-0.2, 0) is 4.74 Å². The quantitative estimate of drug-likeness (QED) is 0.921. The molecule has 18 heavy (non-hydrogen) atoms. The van der Waals surface area contributed by atoms with Crippen molar-refractivity contribution in [3.63, 3.8) is 0 Å². The predicted octanol–water partition coefficient (Wildman–Crippen LogP) is 3.40. The number of rotatable bonds is 3. The first-order chi connectivity index (χ1) is 8.66. The molecule has 1 aromatic carbocycles. The van der Waals surface area contributed by atoms with Gasteiger partial charge in [0.2, 0.25) is 0 Å². The van der Waals surface area contributed by atoms with Crippen molar-refractivity contribution >= 4 is 33.4 Å². The summed E-state index contributed by atoms with van der Waals surface area (Å²) in [4.78, 5) is 11.9. The average Bonchev–Trinajstić information content (AvgIpc) is 2.40. The molecule has 5 heteroatoms. The minimum absolute atomic E-state index is 0.112. The molecular formula is C13H15BrClNO2. The zero-order valence-electron chi connectivity index (χ0n) is 9.92. The van der Waals surface area contributed by atoms with Crippen LogP contribution in [0.2, 0.25) is 5.02 Å². The highest BCUT2D eigenvalue weighted by molar-refractivity contribution is 9.10. The van der Waals surface area contributed by atoms with E-state index in [0.29, 0.717) is 17.1 Å². The number of hydrogen-bond donors (Lipinski definition) is 1. The van der Waals surface area contributed by atoms with Gasteiger partial charge < -0.3 is 10.1 Å². The number of nitrogens with one attached hydrogen (secondary N) is 1. The van der Waals surface area contributed by atoms with Gasteiger partial charge in [-0.05, 0) is 53.4 Å². The number of carbonyl (C=O) groups excluding carboxylic acids is 1. The lowest BCUT2D eigenvalue weighted by Gasteiger charge is -2.22. The maximum Gasteiger partial charge on any atom is 0.251 e. The summed E-state index contributed by atoms with van der Waals surface area (Å²) >= 11 is 9.25. The van der Waals surface area contributed by atoms with Gasteiger partial charge in [0.05, 0.1) is 11.1 Å². The van der Waals surface area contributed by atoms with Gasteiger partial charge in [0.15, 0.2) is 0 Å². The van der Waals surface area contributed by atoms with E-state index >= 15 is 0 Å². The molecule has 1 unspecified atom stereocenters. The van der Waals surface area contributed by atoms with Crippen molar-refractivity contribution < 1.29 is 9.53 Å². The highest BCUT2D eigenvalue weighted by Gasteiger charge is 2.15. The third-order valence-electron chi connectivity index (χ3n) is 2.95. The van der Waals surface area contributed by atoms with Crippen LogP contribution in [0.15, 0.2) is 22.7 Å². The Labute approximate surface area is 120 Å². The molecule has 0 aromatic heterocycles. The molecule has 2 rings (SSSR count). The van der Waals surface area contributed by atoms with Crippen LogP contribution in [0.5, 0.6) is 0 Å². The van der Waals surface area contributed by atoms with Gasteiger partial charge in [-0.15, -0.1) is 0 Å². The van der Waals surface area contributed by atoms with Gasteiger partial charge in [-0.3, -0.25) is 4.79 Å². The Morgan fingerprint density at radius 2 is 2.33 bits per heavy atom. The molecule has 0 bridgehead atoms. The van der Waals surface area contributed by atoms with Gasteiger partial charge >= 0.3 is 0 Å². The molecule has 0 aliphatic carbocycles. The Kier molecular flexibility index (Phi) is 5.03. The predicted molar refractivity (Wildman–Crippen MR) is 75.1 cm³/mol. The van der Waals surface area contributed by atoms with Crippen LogP contribution in [0, 0.1) is 0 Å². The Hall–Kier alpha value is -0.580. The van der Waals surface area contributed by atoms with Crippen molar-refractivity contribution in [2.75, 3.05) is 13.2 Å². The van der Waals surface area contributed by atoms with Crippen molar-refractivity contribution in [1.29, 1.82) is 0 Å². The first-order valence-corrected chi connectivity index (χ1v) is 7.19. The molecule has 1 aliphatic rings. The summed E-state index contributed by atoms with van der Waals surface area (Å²) in [5.41, 5.74) is 0.569. The van der Waals surface area contributed by atoms with Crippen LogP contribution in [0.3, 0.4) is 0 Å². The van der Waals surface area contributed by atoms with Gasteiger partial charge in [-0.25, -0.2) is 0 Å². The summed E-state index contributed by atoms with van der Waals surface area (Å²) in [6.07, 6.45) is 3.45. The van der Waals surface area contributed by atoms with E-state index in [1.807, 2.05) is 0 Å². The molecule has 0 saturated carbocycles. The molecule has 1 atom stereocenters. The normalized spacial score (nSPS) is 19.6. The lowest BCUT2D eigenvalue weighted by atomic mass is 10.1. The van der Waals surface area contributed by atoms with Crippen LogP contribution >= 0.6 is 27.5 Å². The third kappa shape index (κ3) is 3.70. The van der Waals surface area contributed by atoms with Gasteiger partial charge in [0, 0.05) is 23.2 Å². The number of benzene rings is 1. The summed E-state index contributed by atoms with van der Waals surface area (Å²) < 4.78 is 6.35. The second-order valence-electron chi connectivity index (χ2n) is 4.33. The second-order valence-corrected chi connectivity index (χ2v) is 5.59. The number of amides is 1. The zero-order valence-corrected chi connectivity index (χ0v) is 12.3. The van der Waals surface area contributed by atoms with E-state index in [-0.39, 0.29) is 12.0 Å². The monoisotopic (exact) mass is 331 g/mol. The molecule has 1 heterocycles. The molecule has 1 saturated heterocycles. The summed E-state index contributed by atoms with van der Waals surface area (Å²) in [5, 5.41) is 3.42. The SMILES string of the molecule is O=C(NCC1CCCCO1)c1ccc(Br)c(Cl)c1. The van der Waals surface area contributed by atoms with E-state index < -0.39 is 0 Å². The standard InChI is InChI=1S/C13H15BrClNO2/c14-11-5-4-9(7-12(11)15)13(17)16-8-10-3-1-2-6-18-10/h4-5,7,10H,1-3,6,8H2,(H,16,17). The smallest absolute Gasteiger partial charge is 0.251 e. The zero-order chi connectivity index (χ0) is 13.0. The van der Waals surface area contributed by atoms with E-state index in [4.69, 9.17) is 16.3 Å². The Morgan fingerprint density at radius 1 is 1.50 bits per heavy atom. The van der Waals surface area contributed by atoms with Crippen molar-refractivity contribution in [2.24, 2.45) is 0 Å². The largest absolute Gasteiger partial charge is 0.376 e. The molecular weight excluding hydrogens is 318 g/mol. The first kappa shape index (κ1) is 13.8. The van der Waals surface area contributed by atoms with Gasteiger partial charge in [-0.1, -0.05) is 11.6 Å². The number of halogens is 2. The minimum Gasteiger partial charge on any atom is -0.376 e. The molecule has 1 amide bonds. The van der Waals surface area contributed by atoms with Crippen LogP contribution in [0.25, 0.3) is 0 Å². The van der Waals surface area contributed by atoms with Gasteiger partial charge in [0.25, 0.3) is 5.91 Å². The van der Waals surface area contributed by atoms with Crippen molar-refractivity contribution in [3.05, 3.63) is 33.3 Å². The third-order valence-corrected chi connectivity index (χ3v) is 4.18. The summed E-state index contributed by atoms with van der Waals surface area (Å²) in [5.74, 6) is -0.112. The summed E-state index contributed by atoms with van der Waals surface area (Å²) in [6, 6.07) is 5.17. The highest BCUT2D eigenvalue weighted by Crippen LogP contribution is 2.23. The molecule has 1 aromatic rings. The Balaban J connectivity index is 1.88. The van der Waals surface area contributed by atoms with Crippen molar-refractivity contribution in [3.8, 4) is 0 Å². The van der Waals surface area contributed by atoms with E-state index in [1.165, 1.54) is 6.42 Å². The number of hydrogen-bond acceptors (Lipinski definition) is 2. The maximum atomic E-state index is 11.9. The fraction of sp³-hybridized carbons (Fsp3) is 0.462.